The van der Waals surface area contributed by atoms with Crippen LogP contribution in [0.3, 0.4) is 0 Å². The molecule has 0 amide bonds. The minimum atomic E-state index is -0.306. The standard InChI is InChI=1S/C15H16FN7O/c1-21-13-12(19-20-21)14(24)18-15(17-13)23-8-6-22(7-9-23)11-5-3-2-4-10(11)16/h2-5H,6-9H2,1H3,(H,17,18,24). The van der Waals surface area contributed by atoms with Gasteiger partial charge in [0, 0.05) is 33.2 Å². The molecule has 0 saturated carbocycles. The molecule has 4 rings (SSSR count). The Kier molecular flexibility index (Phi) is 3.40. The number of para-hydroxylation sites is 1. The van der Waals surface area contributed by atoms with Gasteiger partial charge in [-0.2, -0.15) is 4.98 Å². The second-order valence-corrected chi connectivity index (χ2v) is 5.70. The number of piperazine rings is 1. The van der Waals surface area contributed by atoms with Crippen molar-refractivity contribution < 1.29 is 4.39 Å². The number of fused-ring (bicyclic) bond motifs is 1. The topological polar surface area (TPSA) is 82.9 Å². The van der Waals surface area contributed by atoms with E-state index >= 15 is 0 Å². The van der Waals surface area contributed by atoms with Crippen LogP contribution in [0.1, 0.15) is 0 Å². The van der Waals surface area contributed by atoms with Crippen LogP contribution < -0.4 is 15.4 Å². The van der Waals surface area contributed by atoms with Gasteiger partial charge >= 0.3 is 0 Å². The molecule has 124 valence electrons. The molecule has 1 aliphatic rings. The zero-order valence-corrected chi connectivity index (χ0v) is 13.1. The number of aryl methyl sites for hydroxylation is 1. The van der Waals surface area contributed by atoms with Gasteiger partial charge in [0.1, 0.15) is 5.82 Å². The van der Waals surface area contributed by atoms with E-state index in [9.17, 15) is 9.18 Å². The summed E-state index contributed by atoms with van der Waals surface area (Å²) in [6.45, 7) is 2.56. The molecule has 8 nitrogen and oxygen atoms in total. The van der Waals surface area contributed by atoms with Crippen molar-refractivity contribution in [2.75, 3.05) is 36.0 Å². The number of aromatic amines is 1. The summed E-state index contributed by atoms with van der Waals surface area (Å²) >= 11 is 0. The summed E-state index contributed by atoms with van der Waals surface area (Å²) in [5.41, 5.74) is 0.973. The van der Waals surface area contributed by atoms with E-state index in [2.05, 4.69) is 20.3 Å². The van der Waals surface area contributed by atoms with Crippen molar-refractivity contribution in [3.63, 3.8) is 0 Å². The zero-order valence-electron chi connectivity index (χ0n) is 13.1. The van der Waals surface area contributed by atoms with E-state index in [1.54, 1.807) is 19.2 Å². The van der Waals surface area contributed by atoms with Crippen LogP contribution in [0.25, 0.3) is 11.2 Å². The molecular weight excluding hydrogens is 313 g/mol. The molecule has 3 heterocycles. The Labute approximate surface area is 136 Å². The van der Waals surface area contributed by atoms with E-state index in [0.29, 0.717) is 43.5 Å². The molecule has 0 spiro atoms. The number of nitrogens with zero attached hydrogens (tertiary/aromatic N) is 6. The first-order valence-electron chi connectivity index (χ1n) is 7.67. The third-order valence-corrected chi connectivity index (χ3v) is 4.22. The van der Waals surface area contributed by atoms with Crippen molar-refractivity contribution in [2.24, 2.45) is 7.05 Å². The number of rotatable bonds is 2. The molecule has 1 aliphatic heterocycles. The number of hydrogen-bond acceptors (Lipinski definition) is 6. The monoisotopic (exact) mass is 329 g/mol. The number of H-pyrrole nitrogens is 1. The SMILES string of the molecule is Cn1nnc2c(=O)[nH]c(N3CCN(c4ccccc4F)CC3)nc21. The minimum Gasteiger partial charge on any atom is -0.366 e. The predicted molar refractivity (Wildman–Crippen MR) is 87.8 cm³/mol. The minimum absolute atomic E-state index is 0.222. The first kappa shape index (κ1) is 14.6. The van der Waals surface area contributed by atoms with E-state index in [0.717, 1.165) is 0 Å². The smallest absolute Gasteiger partial charge is 0.282 e. The lowest BCUT2D eigenvalue weighted by atomic mass is 10.2. The van der Waals surface area contributed by atoms with Crippen molar-refractivity contribution in [1.82, 2.24) is 25.0 Å². The summed E-state index contributed by atoms with van der Waals surface area (Å²) in [4.78, 5) is 23.3. The molecule has 0 unspecified atom stereocenters. The van der Waals surface area contributed by atoms with E-state index in [1.165, 1.54) is 10.7 Å². The van der Waals surface area contributed by atoms with Crippen LogP contribution in [0, 0.1) is 5.82 Å². The van der Waals surface area contributed by atoms with Crippen LogP contribution in [-0.4, -0.2) is 51.1 Å². The van der Waals surface area contributed by atoms with Crippen LogP contribution in [0.4, 0.5) is 16.0 Å². The van der Waals surface area contributed by atoms with Crippen molar-refractivity contribution in [3.8, 4) is 0 Å². The lowest BCUT2D eigenvalue weighted by Crippen LogP contribution is -2.47. The van der Waals surface area contributed by atoms with Crippen LogP contribution in [-0.2, 0) is 7.05 Å². The molecule has 2 aromatic heterocycles. The van der Waals surface area contributed by atoms with Gasteiger partial charge in [-0.25, -0.2) is 9.07 Å². The maximum Gasteiger partial charge on any atom is 0.282 e. The fourth-order valence-electron chi connectivity index (χ4n) is 2.93. The van der Waals surface area contributed by atoms with Crippen LogP contribution in [0.15, 0.2) is 29.1 Å². The van der Waals surface area contributed by atoms with Crippen LogP contribution in [0.2, 0.25) is 0 Å². The molecule has 24 heavy (non-hydrogen) atoms. The first-order valence-corrected chi connectivity index (χ1v) is 7.67. The van der Waals surface area contributed by atoms with Crippen LogP contribution in [0.5, 0.6) is 0 Å². The Morgan fingerprint density at radius 1 is 1.12 bits per heavy atom. The summed E-state index contributed by atoms with van der Waals surface area (Å²) in [6.07, 6.45) is 0. The highest BCUT2D eigenvalue weighted by Gasteiger charge is 2.22. The van der Waals surface area contributed by atoms with Crippen molar-refractivity contribution in [3.05, 3.63) is 40.4 Å². The Hall–Kier alpha value is -2.97. The molecule has 9 heteroatoms. The van der Waals surface area contributed by atoms with Gasteiger partial charge < -0.3 is 9.80 Å². The molecular formula is C15H16FN7O. The van der Waals surface area contributed by atoms with E-state index < -0.39 is 0 Å². The molecule has 1 aromatic carbocycles. The van der Waals surface area contributed by atoms with Gasteiger partial charge in [0.25, 0.3) is 5.56 Å². The number of benzene rings is 1. The summed E-state index contributed by atoms with van der Waals surface area (Å²) in [7, 11) is 1.70. The Bertz CT molecular complexity index is 942. The van der Waals surface area contributed by atoms with Gasteiger partial charge in [-0.05, 0) is 12.1 Å². The fourth-order valence-corrected chi connectivity index (χ4v) is 2.93. The molecule has 0 bridgehead atoms. The van der Waals surface area contributed by atoms with Crippen molar-refractivity contribution >= 4 is 22.8 Å². The van der Waals surface area contributed by atoms with Crippen molar-refractivity contribution in [2.45, 2.75) is 0 Å². The predicted octanol–water partition coefficient (Wildman–Crippen LogP) is 0.517. The highest BCUT2D eigenvalue weighted by atomic mass is 19.1. The highest BCUT2D eigenvalue weighted by Crippen LogP contribution is 2.21. The lowest BCUT2D eigenvalue weighted by molar-refractivity contribution is 0.594. The van der Waals surface area contributed by atoms with E-state index in [4.69, 9.17) is 0 Å². The summed E-state index contributed by atoms with van der Waals surface area (Å²) in [6, 6.07) is 6.75. The van der Waals surface area contributed by atoms with Crippen LogP contribution >= 0.6 is 0 Å². The third-order valence-electron chi connectivity index (χ3n) is 4.22. The number of aromatic nitrogens is 5. The Morgan fingerprint density at radius 2 is 1.83 bits per heavy atom. The average molecular weight is 329 g/mol. The third kappa shape index (κ3) is 2.38. The second kappa shape index (κ2) is 5.59. The molecule has 3 aromatic rings. The van der Waals surface area contributed by atoms with E-state index in [-0.39, 0.29) is 16.9 Å². The van der Waals surface area contributed by atoms with Gasteiger partial charge in [0.15, 0.2) is 11.2 Å². The van der Waals surface area contributed by atoms with Gasteiger partial charge in [0.2, 0.25) is 5.95 Å². The molecule has 1 fully saturated rings. The van der Waals surface area contributed by atoms with Crippen molar-refractivity contribution in [1.29, 1.82) is 0 Å². The average Bonchev–Trinajstić information content (AvgIpc) is 2.97. The molecule has 1 N–H and O–H groups in total. The number of anilines is 2. The fraction of sp³-hybridized carbons (Fsp3) is 0.333. The summed E-state index contributed by atoms with van der Waals surface area (Å²) < 4.78 is 15.4. The first-order chi connectivity index (χ1) is 11.6. The number of nitrogens with one attached hydrogen (secondary N) is 1. The van der Waals surface area contributed by atoms with E-state index in [1.807, 2.05) is 15.9 Å². The maximum atomic E-state index is 13.9. The molecule has 0 radical (unpaired) electrons. The van der Waals surface area contributed by atoms with Gasteiger partial charge in [-0.3, -0.25) is 9.78 Å². The Balaban J connectivity index is 1.57. The lowest BCUT2D eigenvalue weighted by Gasteiger charge is -2.36. The Morgan fingerprint density at radius 3 is 2.58 bits per heavy atom. The normalized spacial score (nSPS) is 15.2. The highest BCUT2D eigenvalue weighted by molar-refractivity contribution is 5.69. The van der Waals surface area contributed by atoms with Gasteiger partial charge in [-0.15, -0.1) is 5.10 Å². The molecule has 0 atom stereocenters. The largest absolute Gasteiger partial charge is 0.366 e. The second-order valence-electron chi connectivity index (χ2n) is 5.70. The summed E-state index contributed by atoms with van der Waals surface area (Å²) in [5, 5.41) is 7.62. The summed E-state index contributed by atoms with van der Waals surface area (Å²) in [5.74, 6) is 0.269. The number of halogens is 1. The van der Waals surface area contributed by atoms with Gasteiger partial charge in [0.05, 0.1) is 5.69 Å². The quantitative estimate of drug-likeness (QED) is 0.738. The zero-order chi connectivity index (χ0) is 16.7. The molecule has 0 aliphatic carbocycles. The maximum absolute atomic E-state index is 13.9. The van der Waals surface area contributed by atoms with Gasteiger partial charge in [-0.1, -0.05) is 17.3 Å². The molecule has 1 saturated heterocycles. The number of hydrogen-bond donors (Lipinski definition) is 1.